The third-order valence-electron chi connectivity index (χ3n) is 3.67. The Morgan fingerprint density at radius 1 is 1.26 bits per heavy atom. The van der Waals surface area contributed by atoms with Crippen LogP contribution in [0.3, 0.4) is 0 Å². The van der Waals surface area contributed by atoms with E-state index in [1.807, 2.05) is 55.5 Å². The SMILES string of the molecule is COc1ccc(C(C)NC(=O)C(N)Cc2ccccc2)cc1Br. The van der Waals surface area contributed by atoms with Crippen molar-refractivity contribution in [3.8, 4) is 5.75 Å². The third-order valence-corrected chi connectivity index (χ3v) is 4.29. The third kappa shape index (κ3) is 4.81. The van der Waals surface area contributed by atoms with E-state index < -0.39 is 6.04 Å². The highest BCUT2D eigenvalue weighted by molar-refractivity contribution is 9.10. The smallest absolute Gasteiger partial charge is 0.237 e. The van der Waals surface area contributed by atoms with Crippen LogP contribution in [0.1, 0.15) is 24.1 Å². The fourth-order valence-electron chi connectivity index (χ4n) is 2.32. The number of nitrogens with two attached hydrogens (primary N) is 1. The van der Waals surface area contributed by atoms with Crippen LogP contribution in [-0.2, 0) is 11.2 Å². The van der Waals surface area contributed by atoms with Crippen LogP contribution in [0.4, 0.5) is 0 Å². The molecule has 0 aliphatic rings. The first-order chi connectivity index (χ1) is 11.0. The lowest BCUT2D eigenvalue weighted by molar-refractivity contribution is -0.123. The molecule has 2 aromatic rings. The van der Waals surface area contributed by atoms with Crippen LogP contribution in [0.15, 0.2) is 53.0 Å². The molecule has 0 saturated heterocycles. The van der Waals surface area contributed by atoms with E-state index in [0.29, 0.717) is 6.42 Å². The number of ether oxygens (including phenoxy) is 1. The molecule has 0 aliphatic carbocycles. The zero-order chi connectivity index (χ0) is 16.8. The van der Waals surface area contributed by atoms with Crippen LogP contribution in [0.2, 0.25) is 0 Å². The summed E-state index contributed by atoms with van der Waals surface area (Å²) in [6.07, 6.45) is 0.520. The van der Waals surface area contributed by atoms with Crippen molar-refractivity contribution in [1.29, 1.82) is 0 Å². The summed E-state index contributed by atoms with van der Waals surface area (Å²) in [7, 11) is 1.62. The normalized spacial score (nSPS) is 13.2. The zero-order valence-corrected chi connectivity index (χ0v) is 14.8. The van der Waals surface area contributed by atoms with Gasteiger partial charge in [-0.25, -0.2) is 0 Å². The average molecular weight is 377 g/mol. The van der Waals surface area contributed by atoms with Gasteiger partial charge in [-0.3, -0.25) is 4.79 Å². The molecular formula is C18H21BrN2O2. The van der Waals surface area contributed by atoms with Gasteiger partial charge in [0, 0.05) is 0 Å². The van der Waals surface area contributed by atoms with Crippen molar-refractivity contribution in [3.05, 3.63) is 64.1 Å². The maximum atomic E-state index is 12.3. The molecule has 0 aliphatic heterocycles. The number of amides is 1. The van der Waals surface area contributed by atoms with Gasteiger partial charge in [-0.2, -0.15) is 0 Å². The minimum absolute atomic E-state index is 0.133. The quantitative estimate of drug-likeness (QED) is 0.813. The fraction of sp³-hybridized carbons (Fsp3) is 0.278. The molecule has 2 atom stereocenters. The van der Waals surface area contributed by atoms with Crippen molar-refractivity contribution >= 4 is 21.8 Å². The molecule has 2 aromatic carbocycles. The van der Waals surface area contributed by atoms with Crippen molar-refractivity contribution in [3.63, 3.8) is 0 Å². The number of hydrogen-bond acceptors (Lipinski definition) is 3. The van der Waals surface area contributed by atoms with Crippen LogP contribution in [-0.4, -0.2) is 19.1 Å². The highest BCUT2D eigenvalue weighted by Gasteiger charge is 2.17. The van der Waals surface area contributed by atoms with E-state index in [9.17, 15) is 4.79 Å². The van der Waals surface area contributed by atoms with Crippen LogP contribution in [0, 0.1) is 0 Å². The Bertz CT molecular complexity index is 661. The number of halogens is 1. The molecule has 23 heavy (non-hydrogen) atoms. The van der Waals surface area contributed by atoms with E-state index in [1.54, 1.807) is 7.11 Å². The second-order valence-electron chi connectivity index (χ2n) is 5.42. The molecule has 0 heterocycles. The fourth-order valence-corrected chi connectivity index (χ4v) is 2.87. The maximum absolute atomic E-state index is 12.3. The van der Waals surface area contributed by atoms with Gasteiger partial charge in [0.05, 0.1) is 23.7 Å². The molecule has 2 rings (SSSR count). The Hall–Kier alpha value is -1.85. The molecule has 0 fully saturated rings. The van der Waals surface area contributed by atoms with Crippen LogP contribution in [0.5, 0.6) is 5.75 Å². The first kappa shape index (κ1) is 17.5. The average Bonchev–Trinajstić information content (AvgIpc) is 2.55. The molecule has 0 saturated carbocycles. The summed E-state index contributed by atoms with van der Waals surface area (Å²) >= 11 is 3.45. The number of carbonyl (C=O) groups excluding carboxylic acids is 1. The van der Waals surface area contributed by atoms with Crippen molar-refractivity contribution < 1.29 is 9.53 Å². The van der Waals surface area contributed by atoms with Gasteiger partial charge in [0.15, 0.2) is 0 Å². The highest BCUT2D eigenvalue weighted by atomic mass is 79.9. The van der Waals surface area contributed by atoms with E-state index in [4.69, 9.17) is 10.5 Å². The molecule has 0 spiro atoms. The summed E-state index contributed by atoms with van der Waals surface area (Å²) in [5.41, 5.74) is 8.04. The van der Waals surface area contributed by atoms with Gasteiger partial charge in [-0.15, -0.1) is 0 Å². The first-order valence-electron chi connectivity index (χ1n) is 7.44. The number of benzene rings is 2. The molecule has 0 radical (unpaired) electrons. The van der Waals surface area contributed by atoms with Crippen molar-refractivity contribution in [1.82, 2.24) is 5.32 Å². The molecule has 2 unspecified atom stereocenters. The molecule has 3 N–H and O–H groups in total. The number of methoxy groups -OCH3 is 1. The van der Waals surface area contributed by atoms with Crippen LogP contribution >= 0.6 is 15.9 Å². The zero-order valence-electron chi connectivity index (χ0n) is 13.3. The number of nitrogens with one attached hydrogen (secondary N) is 1. The maximum Gasteiger partial charge on any atom is 0.237 e. The minimum Gasteiger partial charge on any atom is -0.496 e. The van der Waals surface area contributed by atoms with Gasteiger partial charge in [-0.05, 0) is 52.5 Å². The van der Waals surface area contributed by atoms with E-state index in [0.717, 1.165) is 21.3 Å². The lowest BCUT2D eigenvalue weighted by atomic mass is 10.0. The summed E-state index contributed by atoms with van der Waals surface area (Å²) in [4.78, 5) is 12.3. The summed E-state index contributed by atoms with van der Waals surface area (Å²) < 4.78 is 6.07. The summed E-state index contributed by atoms with van der Waals surface area (Å²) in [6.45, 7) is 1.93. The Morgan fingerprint density at radius 2 is 1.96 bits per heavy atom. The number of hydrogen-bond donors (Lipinski definition) is 2. The molecular weight excluding hydrogens is 356 g/mol. The molecule has 0 aromatic heterocycles. The van der Waals surface area contributed by atoms with Crippen LogP contribution in [0.25, 0.3) is 0 Å². The Labute approximate surface area is 145 Å². The highest BCUT2D eigenvalue weighted by Crippen LogP contribution is 2.27. The van der Waals surface area contributed by atoms with Crippen molar-refractivity contribution in [2.24, 2.45) is 5.73 Å². The first-order valence-corrected chi connectivity index (χ1v) is 8.24. The Kier molecular flexibility index (Phi) is 6.19. The van der Waals surface area contributed by atoms with Crippen molar-refractivity contribution in [2.45, 2.75) is 25.4 Å². The van der Waals surface area contributed by atoms with Crippen LogP contribution < -0.4 is 15.8 Å². The van der Waals surface area contributed by atoms with Gasteiger partial charge < -0.3 is 15.8 Å². The van der Waals surface area contributed by atoms with Gasteiger partial charge in [0.25, 0.3) is 0 Å². The second kappa shape index (κ2) is 8.13. The summed E-state index contributed by atoms with van der Waals surface area (Å²) in [6, 6.07) is 14.8. The van der Waals surface area contributed by atoms with Gasteiger partial charge in [-0.1, -0.05) is 36.4 Å². The lowest BCUT2D eigenvalue weighted by Crippen LogP contribution is -2.42. The topological polar surface area (TPSA) is 64.3 Å². The molecule has 0 bridgehead atoms. The van der Waals surface area contributed by atoms with E-state index in [1.165, 1.54) is 0 Å². The molecule has 5 heteroatoms. The monoisotopic (exact) mass is 376 g/mol. The second-order valence-corrected chi connectivity index (χ2v) is 6.27. The van der Waals surface area contributed by atoms with Gasteiger partial charge >= 0.3 is 0 Å². The van der Waals surface area contributed by atoms with E-state index in [2.05, 4.69) is 21.2 Å². The summed E-state index contributed by atoms with van der Waals surface area (Å²) in [5.74, 6) is 0.598. The predicted octanol–water partition coefficient (Wildman–Crippen LogP) is 3.20. The number of rotatable bonds is 6. The largest absolute Gasteiger partial charge is 0.496 e. The van der Waals surface area contributed by atoms with E-state index >= 15 is 0 Å². The summed E-state index contributed by atoms with van der Waals surface area (Å²) in [5, 5.41) is 2.96. The molecule has 1 amide bonds. The Morgan fingerprint density at radius 3 is 2.57 bits per heavy atom. The number of carbonyl (C=O) groups is 1. The Balaban J connectivity index is 1.97. The van der Waals surface area contributed by atoms with Gasteiger partial charge in [0.2, 0.25) is 5.91 Å². The predicted molar refractivity (Wildman–Crippen MR) is 95.4 cm³/mol. The molecule has 122 valence electrons. The van der Waals surface area contributed by atoms with Crippen molar-refractivity contribution in [2.75, 3.05) is 7.11 Å². The van der Waals surface area contributed by atoms with Gasteiger partial charge in [0.1, 0.15) is 5.75 Å². The minimum atomic E-state index is -0.568. The molecule has 4 nitrogen and oxygen atoms in total. The lowest BCUT2D eigenvalue weighted by Gasteiger charge is -2.18. The van der Waals surface area contributed by atoms with E-state index in [-0.39, 0.29) is 11.9 Å². The standard InChI is InChI=1S/C18H21BrN2O2/c1-12(14-8-9-17(23-2)15(19)11-14)21-18(22)16(20)10-13-6-4-3-5-7-13/h3-9,11-12,16H,10,20H2,1-2H3,(H,21,22).